The highest BCUT2D eigenvalue weighted by Crippen LogP contribution is 2.43. The van der Waals surface area contributed by atoms with Crippen molar-refractivity contribution in [3.05, 3.63) is 170 Å². The lowest BCUT2D eigenvalue weighted by Crippen LogP contribution is -2.29. The summed E-state index contributed by atoms with van der Waals surface area (Å²) in [6.45, 7) is 3.44. The molecular formula is C67H106NO8P. The highest BCUT2D eigenvalue weighted by atomic mass is 31.2. The smallest absolute Gasteiger partial charge is 0.462 e. The summed E-state index contributed by atoms with van der Waals surface area (Å²) in [4.78, 5) is 35.2. The van der Waals surface area contributed by atoms with Crippen LogP contribution >= 0.6 is 7.82 Å². The largest absolute Gasteiger partial charge is 0.472 e. The van der Waals surface area contributed by atoms with Gasteiger partial charge in [-0.05, 0) is 128 Å². The fourth-order valence-electron chi connectivity index (χ4n) is 7.30. The van der Waals surface area contributed by atoms with E-state index in [4.69, 9.17) is 24.3 Å². The monoisotopic (exact) mass is 1080 g/mol. The first kappa shape index (κ1) is 72.4. The van der Waals surface area contributed by atoms with Gasteiger partial charge < -0.3 is 20.1 Å². The van der Waals surface area contributed by atoms with Crippen molar-refractivity contribution in [1.82, 2.24) is 0 Å². The number of ether oxygens (including phenoxy) is 2. The number of carbonyl (C=O) groups is 2. The minimum Gasteiger partial charge on any atom is -0.462 e. The van der Waals surface area contributed by atoms with Crippen molar-refractivity contribution in [1.29, 1.82) is 0 Å². The van der Waals surface area contributed by atoms with Crippen LogP contribution in [-0.4, -0.2) is 49.3 Å². The fourth-order valence-corrected chi connectivity index (χ4v) is 8.07. The van der Waals surface area contributed by atoms with Crippen LogP contribution in [0.1, 0.15) is 206 Å². The summed E-state index contributed by atoms with van der Waals surface area (Å²) in [6.07, 6.45) is 89.7. The summed E-state index contributed by atoms with van der Waals surface area (Å²) in [6, 6.07) is 0. The lowest BCUT2D eigenvalue weighted by molar-refractivity contribution is -0.161. The number of hydrogen-bond donors (Lipinski definition) is 2. The Balaban J connectivity index is 4.13. The summed E-state index contributed by atoms with van der Waals surface area (Å²) in [7, 11) is -4.41. The van der Waals surface area contributed by atoms with Crippen molar-refractivity contribution in [2.45, 2.75) is 213 Å². The number of rotatable bonds is 53. The van der Waals surface area contributed by atoms with Gasteiger partial charge in [0.05, 0.1) is 13.2 Å². The van der Waals surface area contributed by atoms with Crippen LogP contribution in [0.15, 0.2) is 170 Å². The molecule has 0 aliphatic heterocycles. The molecule has 0 aromatic rings. The lowest BCUT2D eigenvalue weighted by atomic mass is 10.1. The maximum atomic E-state index is 12.7. The molecule has 2 unspecified atom stereocenters. The first-order valence-corrected chi connectivity index (χ1v) is 31.1. The Morgan fingerprint density at radius 3 is 1.01 bits per heavy atom. The fraction of sp³-hybridized carbons (Fsp3) is 0.552. The van der Waals surface area contributed by atoms with Gasteiger partial charge in [-0.3, -0.25) is 18.6 Å². The predicted molar refractivity (Wildman–Crippen MR) is 329 cm³/mol. The molecule has 0 amide bonds. The van der Waals surface area contributed by atoms with Gasteiger partial charge in [-0.1, -0.05) is 235 Å². The molecule has 0 radical (unpaired) electrons. The molecule has 432 valence electrons. The number of phosphoric ester groups is 1. The predicted octanol–water partition coefficient (Wildman–Crippen LogP) is 19.1. The minimum atomic E-state index is -4.41. The normalized spacial score (nSPS) is 14.3. The van der Waals surface area contributed by atoms with Crippen molar-refractivity contribution in [3.63, 3.8) is 0 Å². The number of phosphoric acid groups is 1. The average molecular weight is 1080 g/mol. The van der Waals surface area contributed by atoms with E-state index in [1.165, 1.54) is 32.1 Å². The van der Waals surface area contributed by atoms with Gasteiger partial charge in [-0.25, -0.2) is 4.57 Å². The molecule has 0 aliphatic carbocycles. The number of unbranched alkanes of at least 4 members (excludes halogenated alkanes) is 12. The van der Waals surface area contributed by atoms with E-state index >= 15 is 0 Å². The summed E-state index contributed by atoms with van der Waals surface area (Å²) in [5.41, 5.74) is 5.38. The Morgan fingerprint density at radius 1 is 0.390 bits per heavy atom. The van der Waals surface area contributed by atoms with Crippen LogP contribution in [0.3, 0.4) is 0 Å². The van der Waals surface area contributed by atoms with Gasteiger partial charge in [0, 0.05) is 19.4 Å². The third kappa shape index (κ3) is 60.5. The molecule has 2 atom stereocenters. The maximum Gasteiger partial charge on any atom is 0.472 e. The Labute approximate surface area is 470 Å². The van der Waals surface area contributed by atoms with E-state index in [0.717, 1.165) is 135 Å². The van der Waals surface area contributed by atoms with Crippen molar-refractivity contribution in [2.24, 2.45) is 5.73 Å². The van der Waals surface area contributed by atoms with Crippen LogP contribution in [-0.2, 0) is 32.7 Å². The van der Waals surface area contributed by atoms with Gasteiger partial charge in [0.25, 0.3) is 0 Å². The Hall–Kier alpha value is -4.63. The molecule has 0 heterocycles. The van der Waals surface area contributed by atoms with E-state index in [9.17, 15) is 19.0 Å². The van der Waals surface area contributed by atoms with Crippen molar-refractivity contribution in [3.8, 4) is 0 Å². The highest BCUT2D eigenvalue weighted by molar-refractivity contribution is 7.47. The van der Waals surface area contributed by atoms with Crippen LogP contribution in [0.2, 0.25) is 0 Å². The topological polar surface area (TPSA) is 134 Å². The molecule has 0 saturated heterocycles. The van der Waals surface area contributed by atoms with E-state index in [2.05, 4.69) is 184 Å². The minimum absolute atomic E-state index is 0.0366. The first-order chi connectivity index (χ1) is 37.8. The molecule has 0 aliphatic rings. The van der Waals surface area contributed by atoms with Crippen LogP contribution in [0.25, 0.3) is 0 Å². The number of esters is 2. The van der Waals surface area contributed by atoms with Crippen LogP contribution < -0.4 is 5.73 Å². The number of allylic oxidation sites excluding steroid dienone is 28. The lowest BCUT2D eigenvalue weighted by Gasteiger charge is -2.19. The van der Waals surface area contributed by atoms with Gasteiger partial charge >= 0.3 is 19.8 Å². The van der Waals surface area contributed by atoms with Crippen LogP contribution in [0.4, 0.5) is 0 Å². The molecule has 0 fully saturated rings. The van der Waals surface area contributed by atoms with Crippen LogP contribution in [0, 0.1) is 0 Å². The van der Waals surface area contributed by atoms with Gasteiger partial charge in [0.15, 0.2) is 6.10 Å². The second-order valence-corrected chi connectivity index (χ2v) is 20.2. The van der Waals surface area contributed by atoms with Crippen molar-refractivity contribution >= 4 is 19.8 Å². The molecule has 0 saturated carbocycles. The zero-order valence-electron chi connectivity index (χ0n) is 48.1. The van der Waals surface area contributed by atoms with Gasteiger partial charge in [0.1, 0.15) is 6.61 Å². The zero-order valence-corrected chi connectivity index (χ0v) is 49.0. The summed E-state index contributed by atoms with van der Waals surface area (Å²) in [5.74, 6) is -0.888. The molecule has 0 aromatic carbocycles. The Kier molecular flexibility index (Phi) is 57.0. The number of carbonyl (C=O) groups excluding carboxylic acids is 2. The van der Waals surface area contributed by atoms with E-state index in [1.54, 1.807) is 0 Å². The quantitative estimate of drug-likeness (QED) is 0.0264. The SMILES string of the molecule is CC/C=C\C/C=C\C/C=C\C/C=C\C/C=C\C/C=C\C/C=C\C/C=C\C/C=C\CCCCCC(=O)OC(COC(=O)CCCCCCCCCCC/C=C\C/C=C\C/C=C\C/C=C\C/C=C\CC)COP(=O)(O)OCCN. The molecule has 3 N–H and O–H groups in total. The van der Waals surface area contributed by atoms with E-state index < -0.39 is 32.5 Å². The summed E-state index contributed by atoms with van der Waals surface area (Å²) >= 11 is 0. The number of nitrogens with two attached hydrogens (primary N) is 1. The van der Waals surface area contributed by atoms with Gasteiger partial charge in [0.2, 0.25) is 0 Å². The van der Waals surface area contributed by atoms with Gasteiger partial charge in [-0.15, -0.1) is 0 Å². The molecule has 9 nitrogen and oxygen atoms in total. The Bertz CT molecular complexity index is 1860. The molecule has 0 spiro atoms. The highest BCUT2D eigenvalue weighted by Gasteiger charge is 2.26. The molecule has 0 bridgehead atoms. The zero-order chi connectivity index (χ0) is 55.9. The van der Waals surface area contributed by atoms with E-state index in [0.29, 0.717) is 12.8 Å². The molecule has 10 heteroatoms. The van der Waals surface area contributed by atoms with E-state index in [-0.39, 0.29) is 32.6 Å². The van der Waals surface area contributed by atoms with Crippen LogP contribution in [0.5, 0.6) is 0 Å². The summed E-state index contributed by atoms with van der Waals surface area (Å²) in [5, 5.41) is 0. The second kappa shape index (κ2) is 60.6. The van der Waals surface area contributed by atoms with E-state index in [1.807, 2.05) is 0 Å². The van der Waals surface area contributed by atoms with Crippen molar-refractivity contribution < 1.29 is 37.6 Å². The standard InChI is InChI=1S/C67H106NO8P/c1-3-5-7-9-11-13-15-17-19-21-23-25-27-29-30-31-32-33-34-36-38-40-42-44-46-48-50-52-54-56-58-60-67(70)76-65(64-75-77(71,72)74-62-61-68)63-73-66(69)59-57-55-53-51-49-47-45-43-41-39-37-35-28-26-24-22-20-18-16-14-12-10-8-6-4-2/h5-8,11-14,17-20,23-26,29-30,32-33,35-38,42,44,48,50,65H,3-4,9-10,15-16,21-22,27-28,31,34,39-41,43,45-47,49,51-64,68H2,1-2H3,(H,71,72)/b7-5-,8-6-,13-11-,14-12-,19-17-,20-18-,25-23-,26-24-,30-29-,33-32-,37-35-,38-36-,44-42-,50-48-. The third-order valence-electron chi connectivity index (χ3n) is 11.6. The molecular weight excluding hydrogens is 978 g/mol. The third-order valence-corrected chi connectivity index (χ3v) is 12.6. The summed E-state index contributed by atoms with van der Waals surface area (Å²) < 4.78 is 33.0. The Morgan fingerprint density at radius 2 is 0.675 bits per heavy atom. The number of hydrogen-bond acceptors (Lipinski definition) is 8. The first-order valence-electron chi connectivity index (χ1n) is 29.6. The molecule has 77 heavy (non-hydrogen) atoms. The molecule has 0 aromatic heterocycles. The average Bonchev–Trinajstić information content (AvgIpc) is 3.42. The van der Waals surface area contributed by atoms with Crippen molar-refractivity contribution in [2.75, 3.05) is 26.4 Å². The second-order valence-electron chi connectivity index (χ2n) is 18.7. The maximum absolute atomic E-state index is 12.7. The van der Waals surface area contributed by atoms with Gasteiger partial charge in [-0.2, -0.15) is 0 Å². The molecule has 0 rings (SSSR count).